The van der Waals surface area contributed by atoms with Crippen molar-refractivity contribution in [1.29, 1.82) is 0 Å². The molecule has 4 nitrogen and oxygen atoms in total. The van der Waals surface area contributed by atoms with Gasteiger partial charge in [0, 0.05) is 12.0 Å². The van der Waals surface area contributed by atoms with Crippen LogP contribution in [0.1, 0.15) is 30.4 Å². The maximum atomic E-state index is 5.71. The van der Waals surface area contributed by atoms with Crippen LogP contribution in [0.5, 0.6) is 0 Å². The summed E-state index contributed by atoms with van der Waals surface area (Å²) >= 11 is 0. The topological polar surface area (TPSA) is 51.0 Å². The van der Waals surface area contributed by atoms with Crippen LogP contribution in [0.25, 0.3) is 11.5 Å². The van der Waals surface area contributed by atoms with Crippen molar-refractivity contribution < 1.29 is 4.42 Å². The number of aryl methyl sites for hydroxylation is 3. The summed E-state index contributed by atoms with van der Waals surface area (Å²) < 4.78 is 5.71. The van der Waals surface area contributed by atoms with Crippen LogP contribution in [-0.4, -0.2) is 23.3 Å². The summed E-state index contributed by atoms with van der Waals surface area (Å²) in [4.78, 5) is 0. The molecule has 19 heavy (non-hydrogen) atoms. The van der Waals surface area contributed by atoms with E-state index in [0.29, 0.717) is 11.8 Å². The fraction of sp³-hybridized carbons (Fsp3) is 0.467. The van der Waals surface area contributed by atoms with E-state index in [2.05, 4.69) is 54.5 Å². The third-order valence-electron chi connectivity index (χ3n) is 2.93. The van der Waals surface area contributed by atoms with Crippen molar-refractivity contribution in [2.45, 2.75) is 33.6 Å². The maximum Gasteiger partial charge on any atom is 0.247 e. The van der Waals surface area contributed by atoms with Gasteiger partial charge in [-0.1, -0.05) is 24.1 Å². The van der Waals surface area contributed by atoms with Crippen LogP contribution < -0.4 is 5.32 Å². The number of hydrogen-bond acceptors (Lipinski definition) is 4. The van der Waals surface area contributed by atoms with Crippen LogP contribution in [0.4, 0.5) is 0 Å². The Labute approximate surface area is 114 Å². The normalized spacial score (nSPS) is 10.9. The monoisotopic (exact) mass is 259 g/mol. The predicted octanol–water partition coefficient (Wildman–Crippen LogP) is 2.90. The summed E-state index contributed by atoms with van der Waals surface area (Å²) in [7, 11) is 0. The number of nitrogens with one attached hydrogen (secondary N) is 1. The fourth-order valence-electron chi connectivity index (χ4n) is 2.11. The van der Waals surface area contributed by atoms with Gasteiger partial charge < -0.3 is 9.73 Å². The average molecular weight is 259 g/mol. The van der Waals surface area contributed by atoms with Gasteiger partial charge in [0.05, 0.1) is 0 Å². The van der Waals surface area contributed by atoms with Crippen molar-refractivity contribution in [2.75, 3.05) is 13.1 Å². The Hall–Kier alpha value is -1.68. The smallest absolute Gasteiger partial charge is 0.247 e. The lowest BCUT2D eigenvalue weighted by Crippen LogP contribution is -2.14. The third-order valence-corrected chi connectivity index (χ3v) is 2.93. The van der Waals surface area contributed by atoms with Gasteiger partial charge in [0.1, 0.15) is 0 Å². The molecule has 0 radical (unpaired) electrons. The summed E-state index contributed by atoms with van der Waals surface area (Å²) in [6.45, 7) is 8.23. The van der Waals surface area contributed by atoms with Crippen molar-refractivity contribution in [3.63, 3.8) is 0 Å². The number of hydrogen-bond donors (Lipinski definition) is 1. The SMILES string of the molecule is CCNCCCc1nnc(-c2cc(C)cc(C)c2)o1. The van der Waals surface area contributed by atoms with E-state index in [9.17, 15) is 0 Å². The fourth-order valence-corrected chi connectivity index (χ4v) is 2.11. The molecular weight excluding hydrogens is 238 g/mol. The molecule has 0 spiro atoms. The van der Waals surface area contributed by atoms with Gasteiger partial charge in [0.15, 0.2) is 0 Å². The van der Waals surface area contributed by atoms with Crippen LogP contribution in [-0.2, 0) is 6.42 Å². The lowest BCUT2D eigenvalue weighted by atomic mass is 10.1. The molecular formula is C15H21N3O. The minimum atomic E-state index is 0.616. The highest BCUT2D eigenvalue weighted by molar-refractivity contribution is 5.55. The molecule has 0 bridgehead atoms. The zero-order valence-electron chi connectivity index (χ0n) is 11.9. The number of benzene rings is 1. The Morgan fingerprint density at radius 1 is 1.11 bits per heavy atom. The Bertz CT molecular complexity index is 514. The summed E-state index contributed by atoms with van der Waals surface area (Å²) in [5.41, 5.74) is 3.42. The van der Waals surface area contributed by atoms with Gasteiger partial charge in [-0.3, -0.25) is 0 Å². The molecule has 1 N–H and O–H groups in total. The first-order valence-electron chi connectivity index (χ1n) is 6.81. The summed E-state index contributed by atoms with van der Waals surface area (Å²) in [5.74, 6) is 1.33. The molecule has 1 aromatic heterocycles. The minimum Gasteiger partial charge on any atom is -0.421 e. The average Bonchev–Trinajstić information content (AvgIpc) is 2.82. The van der Waals surface area contributed by atoms with Gasteiger partial charge in [0.25, 0.3) is 0 Å². The third kappa shape index (κ3) is 3.89. The summed E-state index contributed by atoms with van der Waals surface area (Å²) in [5, 5.41) is 11.5. The van der Waals surface area contributed by atoms with E-state index in [1.165, 1.54) is 11.1 Å². The Kier molecular flexibility index (Phi) is 4.68. The zero-order chi connectivity index (χ0) is 13.7. The van der Waals surface area contributed by atoms with Gasteiger partial charge >= 0.3 is 0 Å². The van der Waals surface area contributed by atoms with E-state index in [4.69, 9.17) is 4.42 Å². The highest BCUT2D eigenvalue weighted by atomic mass is 16.4. The summed E-state index contributed by atoms with van der Waals surface area (Å²) in [6.07, 6.45) is 1.84. The Balaban J connectivity index is 2.03. The van der Waals surface area contributed by atoms with E-state index in [1.807, 2.05) is 0 Å². The van der Waals surface area contributed by atoms with Crippen LogP contribution in [0.2, 0.25) is 0 Å². The van der Waals surface area contributed by atoms with Crippen LogP contribution in [0.3, 0.4) is 0 Å². The Morgan fingerprint density at radius 2 is 1.84 bits per heavy atom. The van der Waals surface area contributed by atoms with Crippen LogP contribution >= 0.6 is 0 Å². The molecule has 0 saturated carbocycles. The first-order valence-corrected chi connectivity index (χ1v) is 6.81. The number of nitrogens with zero attached hydrogens (tertiary/aromatic N) is 2. The highest BCUT2D eigenvalue weighted by Gasteiger charge is 2.09. The minimum absolute atomic E-state index is 0.616. The molecule has 2 aromatic rings. The standard InChI is InChI=1S/C15H21N3O/c1-4-16-7-5-6-14-17-18-15(19-14)13-9-11(2)8-12(3)10-13/h8-10,16H,4-7H2,1-3H3. The van der Waals surface area contributed by atoms with E-state index in [-0.39, 0.29) is 0 Å². The Morgan fingerprint density at radius 3 is 2.53 bits per heavy atom. The number of rotatable bonds is 6. The molecule has 4 heteroatoms. The molecule has 0 amide bonds. The lowest BCUT2D eigenvalue weighted by Gasteiger charge is -2.00. The van der Waals surface area contributed by atoms with E-state index in [1.54, 1.807) is 0 Å². The molecule has 1 aromatic carbocycles. The largest absolute Gasteiger partial charge is 0.421 e. The van der Waals surface area contributed by atoms with Crippen molar-refractivity contribution in [1.82, 2.24) is 15.5 Å². The van der Waals surface area contributed by atoms with Crippen molar-refractivity contribution in [3.8, 4) is 11.5 Å². The van der Waals surface area contributed by atoms with Crippen molar-refractivity contribution in [3.05, 3.63) is 35.2 Å². The molecule has 0 unspecified atom stereocenters. The second-order valence-electron chi connectivity index (χ2n) is 4.83. The molecule has 0 aliphatic heterocycles. The van der Waals surface area contributed by atoms with E-state index >= 15 is 0 Å². The molecule has 0 saturated heterocycles. The highest BCUT2D eigenvalue weighted by Crippen LogP contribution is 2.21. The summed E-state index contributed by atoms with van der Waals surface area (Å²) in [6, 6.07) is 6.28. The molecule has 0 aliphatic rings. The van der Waals surface area contributed by atoms with E-state index < -0.39 is 0 Å². The zero-order valence-corrected chi connectivity index (χ0v) is 11.9. The molecule has 2 rings (SSSR count). The predicted molar refractivity (Wildman–Crippen MR) is 76.1 cm³/mol. The van der Waals surface area contributed by atoms with Crippen LogP contribution in [0, 0.1) is 13.8 Å². The van der Waals surface area contributed by atoms with Crippen molar-refractivity contribution in [2.24, 2.45) is 0 Å². The lowest BCUT2D eigenvalue weighted by molar-refractivity contribution is 0.492. The second-order valence-corrected chi connectivity index (χ2v) is 4.83. The van der Waals surface area contributed by atoms with Gasteiger partial charge in [0.2, 0.25) is 11.8 Å². The van der Waals surface area contributed by atoms with Gasteiger partial charge in [-0.05, 0) is 45.5 Å². The van der Waals surface area contributed by atoms with Gasteiger partial charge in [-0.2, -0.15) is 0 Å². The molecule has 0 fully saturated rings. The first kappa shape index (κ1) is 13.7. The maximum absolute atomic E-state index is 5.71. The van der Waals surface area contributed by atoms with Gasteiger partial charge in [-0.15, -0.1) is 10.2 Å². The molecule has 1 heterocycles. The van der Waals surface area contributed by atoms with Crippen LogP contribution in [0.15, 0.2) is 22.6 Å². The first-order chi connectivity index (χ1) is 9.19. The second kappa shape index (κ2) is 6.48. The van der Waals surface area contributed by atoms with E-state index in [0.717, 1.165) is 31.5 Å². The molecule has 0 atom stereocenters. The van der Waals surface area contributed by atoms with Crippen molar-refractivity contribution >= 4 is 0 Å². The number of aromatic nitrogens is 2. The van der Waals surface area contributed by atoms with Gasteiger partial charge in [-0.25, -0.2) is 0 Å². The molecule has 0 aliphatic carbocycles. The molecule has 102 valence electrons. The quantitative estimate of drug-likeness (QED) is 0.810.